The van der Waals surface area contributed by atoms with Crippen molar-refractivity contribution in [1.82, 2.24) is 0 Å². The summed E-state index contributed by atoms with van der Waals surface area (Å²) in [5, 5.41) is 0. The summed E-state index contributed by atoms with van der Waals surface area (Å²) in [7, 11) is 0. The summed E-state index contributed by atoms with van der Waals surface area (Å²) in [4.78, 5) is 0. The van der Waals surface area contributed by atoms with Gasteiger partial charge in [-0.05, 0) is 77.9 Å². The van der Waals surface area contributed by atoms with Crippen LogP contribution in [0.3, 0.4) is 0 Å². The smallest absolute Gasteiger partial charge is 0.172 e. The highest BCUT2D eigenvalue weighted by Gasteiger charge is 2.59. The molecule has 0 amide bonds. The zero-order chi connectivity index (χ0) is 19.7. The molecule has 2 nitrogen and oxygen atoms in total. The molecule has 0 unspecified atom stereocenters. The Hall–Kier alpha value is -1.38. The fourth-order valence-corrected chi connectivity index (χ4v) is 7.83. The van der Waals surface area contributed by atoms with Crippen LogP contribution in [0.25, 0.3) is 0 Å². The van der Waals surface area contributed by atoms with Crippen LogP contribution in [0.1, 0.15) is 70.8 Å². The SMILES string of the molecule is C[C@]12CC=C3C4=C(CC[C@H]3[C@@H]1CC[C@]2(C)c1ccccc1)CC1(CC4)OCCO1. The first-order valence-electron chi connectivity index (χ1n) is 11.8. The number of allylic oxidation sites excluding steroid dienone is 3. The van der Waals surface area contributed by atoms with E-state index in [-0.39, 0.29) is 11.2 Å². The van der Waals surface area contributed by atoms with Crippen molar-refractivity contribution in [3.8, 4) is 0 Å². The third-order valence-electron chi connectivity index (χ3n) is 9.66. The Labute approximate surface area is 175 Å². The van der Waals surface area contributed by atoms with Crippen LogP contribution in [0, 0.1) is 17.3 Å². The Morgan fingerprint density at radius 1 is 0.931 bits per heavy atom. The number of ether oxygens (including phenoxy) is 2. The number of benzene rings is 1. The van der Waals surface area contributed by atoms with Crippen LogP contribution in [0.5, 0.6) is 0 Å². The second-order valence-electron chi connectivity index (χ2n) is 10.6. The molecule has 1 saturated carbocycles. The van der Waals surface area contributed by atoms with E-state index in [1.165, 1.54) is 32.1 Å². The molecule has 1 aromatic rings. The lowest BCUT2D eigenvalue weighted by Crippen LogP contribution is -2.46. The standard InChI is InChI=1S/C27H34O2/c1-25(20-6-4-3-5-7-20)14-12-24-23-9-8-19-18-27(28-16-17-29-27)15-11-21(19)22(23)10-13-26(24,25)2/h3-7,10,23-24H,8-9,11-18H2,1-2H3/t23-,24+,25-,26+/m1/s1. The molecule has 0 N–H and O–H groups in total. The maximum absolute atomic E-state index is 6.05. The molecule has 4 aliphatic carbocycles. The number of hydrogen-bond acceptors (Lipinski definition) is 2. The highest BCUT2D eigenvalue weighted by Crippen LogP contribution is 2.66. The molecule has 154 valence electrons. The molecular formula is C27H34O2. The van der Waals surface area contributed by atoms with Crippen molar-refractivity contribution in [1.29, 1.82) is 0 Å². The average molecular weight is 391 g/mol. The van der Waals surface area contributed by atoms with Crippen molar-refractivity contribution in [2.24, 2.45) is 17.3 Å². The molecule has 0 radical (unpaired) electrons. The largest absolute Gasteiger partial charge is 0.347 e. The minimum absolute atomic E-state index is 0.283. The number of hydrogen-bond donors (Lipinski definition) is 0. The van der Waals surface area contributed by atoms with Crippen molar-refractivity contribution < 1.29 is 9.47 Å². The molecule has 4 atom stereocenters. The van der Waals surface area contributed by atoms with Crippen molar-refractivity contribution in [2.45, 2.75) is 76.4 Å². The molecule has 1 aliphatic heterocycles. The number of fused-ring (bicyclic) bond motifs is 4. The zero-order valence-corrected chi connectivity index (χ0v) is 18.0. The van der Waals surface area contributed by atoms with Crippen LogP contribution < -0.4 is 0 Å². The summed E-state index contributed by atoms with van der Waals surface area (Å²) in [6.45, 7) is 6.69. The minimum atomic E-state index is -0.283. The van der Waals surface area contributed by atoms with Crippen LogP contribution in [0.2, 0.25) is 0 Å². The lowest BCUT2D eigenvalue weighted by Gasteiger charge is -2.52. The molecule has 5 aliphatic rings. The third-order valence-corrected chi connectivity index (χ3v) is 9.66. The van der Waals surface area contributed by atoms with Crippen molar-refractivity contribution in [3.63, 3.8) is 0 Å². The van der Waals surface area contributed by atoms with Gasteiger partial charge in [-0.2, -0.15) is 0 Å². The van der Waals surface area contributed by atoms with E-state index in [9.17, 15) is 0 Å². The predicted molar refractivity (Wildman–Crippen MR) is 116 cm³/mol. The van der Waals surface area contributed by atoms with Gasteiger partial charge in [-0.3, -0.25) is 0 Å². The third kappa shape index (κ3) is 2.48. The van der Waals surface area contributed by atoms with Gasteiger partial charge in [0.05, 0.1) is 13.2 Å². The van der Waals surface area contributed by atoms with Crippen LogP contribution >= 0.6 is 0 Å². The highest BCUT2D eigenvalue weighted by atomic mass is 16.7. The van der Waals surface area contributed by atoms with Crippen molar-refractivity contribution in [2.75, 3.05) is 13.2 Å². The van der Waals surface area contributed by atoms with E-state index < -0.39 is 0 Å². The van der Waals surface area contributed by atoms with E-state index in [1.54, 1.807) is 22.3 Å². The van der Waals surface area contributed by atoms with Crippen LogP contribution in [-0.4, -0.2) is 19.0 Å². The lowest BCUT2D eigenvalue weighted by atomic mass is 9.52. The van der Waals surface area contributed by atoms with Gasteiger partial charge >= 0.3 is 0 Å². The molecule has 0 bridgehead atoms. The summed E-state index contributed by atoms with van der Waals surface area (Å²) < 4.78 is 12.1. The molecule has 6 rings (SSSR count). The number of rotatable bonds is 1. The van der Waals surface area contributed by atoms with Gasteiger partial charge in [0.2, 0.25) is 0 Å². The van der Waals surface area contributed by atoms with Gasteiger partial charge in [0.15, 0.2) is 5.79 Å². The second-order valence-corrected chi connectivity index (χ2v) is 10.6. The van der Waals surface area contributed by atoms with Gasteiger partial charge in [0, 0.05) is 12.8 Å². The van der Waals surface area contributed by atoms with E-state index in [0.29, 0.717) is 5.41 Å². The Kier molecular flexibility index (Phi) is 4.00. The Bertz CT molecular complexity index is 875. The van der Waals surface area contributed by atoms with E-state index in [1.807, 2.05) is 0 Å². The molecule has 29 heavy (non-hydrogen) atoms. The Morgan fingerprint density at radius 2 is 1.72 bits per heavy atom. The van der Waals surface area contributed by atoms with Gasteiger partial charge in [-0.15, -0.1) is 0 Å². The zero-order valence-electron chi connectivity index (χ0n) is 18.0. The van der Waals surface area contributed by atoms with E-state index >= 15 is 0 Å². The normalized spacial score (nSPS) is 40.4. The Balaban J connectivity index is 1.35. The maximum atomic E-state index is 6.05. The first kappa shape index (κ1) is 18.4. The summed E-state index contributed by atoms with van der Waals surface area (Å²) in [6, 6.07) is 11.4. The van der Waals surface area contributed by atoms with E-state index in [0.717, 1.165) is 44.3 Å². The van der Waals surface area contributed by atoms with Crippen LogP contribution in [0.4, 0.5) is 0 Å². The summed E-state index contributed by atoms with van der Waals surface area (Å²) in [6.07, 6.45) is 12.4. The fraction of sp³-hybridized carbons (Fsp3) is 0.630. The minimum Gasteiger partial charge on any atom is -0.347 e. The average Bonchev–Trinajstić information content (AvgIpc) is 3.31. The van der Waals surface area contributed by atoms with Gasteiger partial charge in [0.1, 0.15) is 0 Å². The molecule has 0 aromatic heterocycles. The molecule has 1 saturated heterocycles. The van der Waals surface area contributed by atoms with Gasteiger partial charge in [0.25, 0.3) is 0 Å². The lowest BCUT2D eigenvalue weighted by molar-refractivity contribution is -0.164. The van der Waals surface area contributed by atoms with Crippen molar-refractivity contribution >= 4 is 0 Å². The van der Waals surface area contributed by atoms with Gasteiger partial charge < -0.3 is 9.47 Å². The highest BCUT2D eigenvalue weighted by molar-refractivity contribution is 5.46. The van der Waals surface area contributed by atoms with E-state index in [2.05, 4.69) is 50.3 Å². The van der Waals surface area contributed by atoms with E-state index in [4.69, 9.17) is 9.47 Å². The monoisotopic (exact) mass is 390 g/mol. The summed E-state index contributed by atoms with van der Waals surface area (Å²) in [5.74, 6) is 1.29. The van der Waals surface area contributed by atoms with Gasteiger partial charge in [-0.1, -0.05) is 55.8 Å². The first-order valence-corrected chi connectivity index (χ1v) is 11.8. The van der Waals surface area contributed by atoms with Gasteiger partial charge in [-0.25, -0.2) is 0 Å². The maximum Gasteiger partial charge on any atom is 0.172 e. The van der Waals surface area contributed by atoms with Crippen LogP contribution in [-0.2, 0) is 14.9 Å². The quantitative estimate of drug-likeness (QED) is 0.558. The molecule has 1 spiro atoms. The molecule has 1 aromatic carbocycles. The first-order chi connectivity index (χ1) is 14.0. The van der Waals surface area contributed by atoms with Crippen molar-refractivity contribution in [3.05, 3.63) is 58.7 Å². The predicted octanol–water partition coefficient (Wildman–Crippen LogP) is 6.32. The molecule has 2 heteroatoms. The summed E-state index contributed by atoms with van der Waals surface area (Å²) in [5.41, 5.74) is 7.27. The molecular weight excluding hydrogens is 356 g/mol. The topological polar surface area (TPSA) is 18.5 Å². The second kappa shape index (κ2) is 6.31. The fourth-order valence-electron chi connectivity index (χ4n) is 7.83. The van der Waals surface area contributed by atoms with Crippen LogP contribution in [0.15, 0.2) is 53.1 Å². The molecule has 1 heterocycles. The molecule has 2 fully saturated rings. The Morgan fingerprint density at radius 3 is 2.52 bits per heavy atom. The summed E-state index contributed by atoms with van der Waals surface area (Å²) >= 11 is 0.